The maximum atomic E-state index is 11.7. The van der Waals surface area contributed by atoms with Gasteiger partial charge in [-0.3, -0.25) is 4.90 Å². The van der Waals surface area contributed by atoms with Crippen LogP contribution in [0.2, 0.25) is 0 Å². The first-order chi connectivity index (χ1) is 19.0. The van der Waals surface area contributed by atoms with Crippen LogP contribution in [0.5, 0.6) is 5.75 Å². The Bertz CT molecular complexity index is 1250. The molecule has 3 heterocycles. The summed E-state index contributed by atoms with van der Waals surface area (Å²) in [7, 11) is 1.69. The maximum Gasteiger partial charge on any atom is 0.229 e. The Hall–Kier alpha value is -3.25. The summed E-state index contributed by atoms with van der Waals surface area (Å²) in [5, 5.41) is 10.1. The van der Waals surface area contributed by atoms with Crippen LogP contribution in [0.3, 0.4) is 0 Å². The van der Waals surface area contributed by atoms with Crippen molar-refractivity contribution in [1.29, 1.82) is 0 Å². The Balaban J connectivity index is 1.27. The Kier molecular flexibility index (Phi) is 8.92. The van der Waals surface area contributed by atoms with Gasteiger partial charge in [-0.05, 0) is 44.0 Å². The molecule has 0 saturated carbocycles. The van der Waals surface area contributed by atoms with Crippen molar-refractivity contribution in [3.8, 4) is 5.75 Å². The average molecular weight is 551 g/mol. The highest BCUT2D eigenvalue weighted by Crippen LogP contribution is 2.34. The lowest BCUT2D eigenvalue weighted by atomic mass is 10.0. The monoisotopic (exact) mass is 550 g/mol. The predicted molar refractivity (Wildman–Crippen MR) is 160 cm³/mol. The normalized spacial score (nSPS) is 17.5. The van der Waals surface area contributed by atoms with Gasteiger partial charge < -0.3 is 30.1 Å². The van der Waals surface area contributed by atoms with Gasteiger partial charge >= 0.3 is 0 Å². The molecule has 0 amide bonds. The molecule has 10 nitrogen and oxygen atoms in total. The van der Waals surface area contributed by atoms with Crippen molar-refractivity contribution in [2.75, 3.05) is 72.9 Å². The molecular weight excluding hydrogens is 512 g/mol. The van der Waals surface area contributed by atoms with Crippen molar-refractivity contribution >= 4 is 45.9 Å². The van der Waals surface area contributed by atoms with E-state index in [2.05, 4.69) is 47.6 Å². The van der Waals surface area contributed by atoms with E-state index < -0.39 is 11.4 Å². The maximum absolute atomic E-state index is 11.7. The van der Waals surface area contributed by atoms with Crippen LogP contribution in [0.25, 0.3) is 0 Å². The lowest BCUT2D eigenvalue weighted by Crippen LogP contribution is -2.52. The topological polar surface area (TPSA) is 113 Å². The van der Waals surface area contributed by atoms with Gasteiger partial charge in [0.2, 0.25) is 5.95 Å². The van der Waals surface area contributed by atoms with Crippen LogP contribution in [0.15, 0.2) is 48.7 Å². The van der Waals surface area contributed by atoms with Crippen LogP contribution >= 0.6 is 0 Å². The number of aryl methyl sites for hydroxylation is 1. The largest absolute Gasteiger partial charge is 0.593 e. The van der Waals surface area contributed by atoms with Gasteiger partial charge in [-0.2, -0.15) is 4.98 Å². The number of rotatable bonds is 9. The van der Waals surface area contributed by atoms with Crippen LogP contribution in [-0.4, -0.2) is 78.1 Å². The number of methoxy groups -OCH3 is 1. The summed E-state index contributed by atoms with van der Waals surface area (Å²) in [6.07, 6.45) is 5.74. The summed E-state index contributed by atoms with van der Waals surface area (Å²) in [5.41, 5.74) is 4.37. The van der Waals surface area contributed by atoms with Gasteiger partial charge in [0.25, 0.3) is 0 Å². The number of nitrogens with zero attached hydrogens (tertiary/aromatic N) is 4. The number of para-hydroxylation sites is 2. The molecule has 1 atom stereocenters. The third-order valence-electron chi connectivity index (χ3n) is 7.33. The summed E-state index contributed by atoms with van der Waals surface area (Å²) in [4.78, 5) is 14.3. The van der Waals surface area contributed by atoms with Gasteiger partial charge in [0.15, 0.2) is 0 Å². The number of hydrogen-bond donors (Lipinski definition) is 4. The second-order valence-corrected chi connectivity index (χ2v) is 11.1. The Labute approximate surface area is 233 Å². The van der Waals surface area contributed by atoms with Gasteiger partial charge in [-0.25, -0.2) is 9.71 Å². The fourth-order valence-electron chi connectivity index (χ4n) is 5.23. The number of aromatic nitrogens is 2. The van der Waals surface area contributed by atoms with E-state index in [1.54, 1.807) is 19.6 Å². The third kappa shape index (κ3) is 6.85. The molecular formula is C28H38N8O2S. The van der Waals surface area contributed by atoms with Crippen LogP contribution in [0.1, 0.15) is 18.4 Å². The Morgan fingerprint density at radius 2 is 1.74 bits per heavy atom. The van der Waals surface area contributed by atoms with Crippen LogP contribution < -0.4 is 30.3 Å². The van der Waals surface area contributed by atoms with Crippen LogP contribution in [0, 0.1) is 6.92 Å². The first-order valence-electron chi connectivity index (χ1n) is 13.4. The first kappa shape index (κ1) is 27.3. The number of benzene rings is 2. The summed E-state index contributed by atoms with van der Waals surface area (Å²) >= 11 is -1.19. The fourth-order valence-corrected chi connectivity index (χ4v) is 5.72. The smallest absolute Gasteiger partial charge is 0.229 e. The van der Waals surface area contributed by atoms with Gasteiger partial charge in [0.05, 0.1) is 29.8 Å². The average Bonchev–Trinajstić information content (AvgIpc) is 2.96. The zero-order valence-corrected chi connectivity index (χ0v) is 23.7. The van der Waals surface area contributed by atoms with E-state index in [0.717, 1.165) is 67.6 Å². The number of anilines is 6. The molecule has 3 aromatic rings. The van der Waals surface area contributed by atoms with Crippen molar-refractivity contribution in [3.63, 3.8) is 0 Å². The van der Waals surface area contributed by atoms with Crippen molar-refractivity contribution < 1.29 is 9.29 Å². The van der Waals surface area contributed by atoms with E-state index in [9.17, 15) is 4.55 Å². The SMILES string of the molecule is COc1cc(N2CCC(N3CCNCC3)CC2)ccc1Nc1ncc(C)c(Nc2ccccc2N[S+](C)[O-])n1. The minimum atomic E-state index is -1.19. The van der Waals surface area contributed by atoms with Crippen LogP contribution in [-0.2, 0) is 11.4 Å². The van der Waals surface area contributed by atoms with Crippen molar-refractivity contribution in [2.24, 2.45) is 0 Å². The van der Waals surface area contributed by atoms with Crippen molar-refractivity contribution in [3.05, 3.63) is 54.2 Å². The minimum absolute atomic E-state index is 0.454. The van der Waals surface area contributed by atoms with E-state index in [4.69, 9.17) is 9.72 Å². The lowest BCUT2D eigenvalue weighted by Gasteiger charge is -2.41. The molecule has 11 heteroatoms. The zero-order chi connectivity index (χ0) is 27.2. The molecule has 2 saturated heterocycles. The van der Waals surface area contributed by atoms with E-state index in [0.29, 0.717) is 17.8 Å². The highest BCUT2D eigenvalue weighted by Gasteiger charge is 2.26. The number of hydrogen-bond acceptors (Lipinski definition) is 10. The Morgan fingerprint density at radius 3 is 2.46 bits per heavy atom. The van der Waals surface area contributed by atoms with Crippen molar-refractivity contribution in [2.45, 2.75) is 25.8 Å². The quantitative estimate of drug-likeness (QED) is 0.293. The molecule has 0 radical (unpaired) electrons. The number of piperidine rings is 1. The van der Waals surface area contributed by atoms with E-state index in [1.165, 1.54) is 18.5 Å². The predicted octanol–water partition coefficient (Wildman–Crippen LogP) is 3.86. The molecule has 208 valence electrons. The molecule has 2 fully saturated rings. The second-order valence-electron chi connectivity index (χ2n) is 9.97. The molecule has 5 rings (SSSR count). The molecule has 4 N–H and O–H groups in total. The summed E-state index contributed by atoms with van der Waals surface area (Å²) < 4.78 is 20.4. The number of ether oxygens (including phenoxy) is 1. The van der Waals surface area contributed by atoms with Crippen molar-refractivity contribution in [1.82, 2.24) is 20.2 Å². The molecule has 2 aliphatic rings. The standard InChI is InChI=1S/C28H38N8O2S/c1-20-19-30-28(33-27(20)31-23-6-4-5-7-24(23)34-39(3)37)32-25-9-8-22(18-26(25)38-2)35-14-10-21(11-15-35)36-16-12-29-13-17-36/h4-9,18-19,21,29,34H,10-17H2,1-3H3,(H2,30,31,32,33). The molecule has 2 aliphatic heterocycles. The number of nitrogens with one attached hydrogen (secondary N) is 4. The third-order valence-corrected chi connectivity index (χ3v) is 7.84. The van der Waals surface area contributed by atoms with E-state index >= 15 is 0 Å². The van der Waals surface area contributed by atoms with Gasteiger partial charge in [-0.15, -0.1) is 0 Å². The molecule has 1 aromatic heterocycles. The summed E-state index contributed by atoms with van der Waals surface area (Å²) in [5.74, 6) is 1.86. The molecule has 2 aromatic carbocycles. The highest BCUT2D eigenvalue weighted by atomic mass is 32.2. The molecule has 1 unspecified atom stereocenters. The van der Waals surface area contributed by atoms with Gasteiger partial charge in [-0.1, -0.05) is 12.1 Å². The first-order valence-corrected chi connectivity index (χ1v) is 15.0. The fraction of sp³-hybridized carbons (Fsp3) is 0.429. The van der Waals surface area contributed by atoms with E-state index in [1.807, 2.05) is 37.3 Å². The summed E-state index contributed by atoms with van der Waals surface area (Å²) in [6.45, 7) is 8.53. The van der Waals surface area contributed by atoms with Crippen LogP contribution in [0.4, 0.5) is 34.5 Å². The zero-order valence-electron chi connectivity index (χ0n) is 22.9. The second kappa shape index (κ2) is 12.7. The molecule has 0 bridgehead atoms. The molecule has 0 aliphatic carbocycles. The Morgan fingerprint density at radius 1 is 1.00 bits per heavy atom. The van der Waals surface area contributed by atoms with E-state index in [-0.39, 0.29) is 0 Å². The van der Waals surface area contributed by atoms with Gasteiger partial charge in [0.1, 0.15) is 23.5 Å². The highest BCUT2D eigenvalue weighted by molar-refractivity contribution is 7.92. The summed E-state index contributed by atoms with van der Waals surface area (Å²) in [6, 6.07) is 14.5. The van der Waals surface area contributed by atoms with Gasteiger partial charge in [0, 0.05) is 68.8 Å². The molecule has 39 heavy (non-hydrogen) atoms. The lowest BCUT2D eigenvalue weighted by molar-refractivity contribution is 0.150. The number of piperazine rings is 1. The molecule has 0 spiro atoms. The minimum Gasteiger partial charge on any atom is -0.593 e.